The smallest absolute Gasteiger partial charge is 0.234 e. The number of nitrogens with one attached hydrogen (secondary N) is 1. The summed E-state index contributed by atoms with van der Waals surface area (Å²) in [6.45, 7) is 6.22. The van der Waals surface area contributed by atoms with E-state index in [1.54, 1.807) is 24.3 Å². The van der Waals surface area contributed by atoms with Gasteiger partial charge in [-0.2, -0.15) is 0 Å². The summed E-state index contributed by atoms with van der Waals surface area (Å²) < 4.78 is 13.0. The van der Waals surface area contributed by atoms with Gasteiger partial charge in [0.05, 0.1) is 17.9 Å². The first-order valence-corrected chi connectivity index (χ1v) is 10.9. The normalized spacial score (nSPS) is 11.6. The van der Waals surface area contributed by atoms with Crippen LogP contribution in [0.25, 0.3) is 0 Å². The van der Waals surface area contributed by atoms with Crippen LogP contribution in [0.4, 0.5) is 5.69 Å². The fourth-order valence-corrected chi connectivity index (χ4v) is 3.85. The second kappa shape index (κ2) is 10.9. The second-order valence-electron chi connectivity index (χ2n) is 6.50. The molecule has 1 atom stereocenters. The predicted octanol–water partition coefficient (Wildman–Crippen LogP) is 5.00. The number of hydrogen-bond acceptors (Lipinski definition) is 6. The third kappa shape index (κ3) is 6.02. The molecule has 2 aromatic carbocycles. The molecule has 1 N–H and O–H groups in total. The molecule has 0 saturated heterocycles. The average Bonchev–Trinajstić information content (AvgIpc) is 3.16. The molecule has 31 heavy (non-hydrogen) atoms. The molecule has 0 aliphatic carbocycles. The maximum atomic E-state index is 12.4. The van der Waals surface area contributed by atoms with E-state index in [0.717, 1.165) is 5.75 Å². The maximum absolute atomic E-state index is 12.4. The number of carbonyl (C=O) groups excluding carboxylic acids is 1. The Morgan fingerprint density at radius 2 is 2.06 bits per heavy atom. The van der Waals surface area contributed by atoms with E-state index in [4.69, 9.17) is 21.1 Å². The number of halogens is 1. The molecule has 1 heterocycles. The van der Waals surface area contributed by atoms with Crippen LogP contribution in [0, 0.1) is 0 Å². The SMILES string of the molecule is C=CCn1c(SCC(=O)Nc2ccc(OC)c(Cl)c2)nnc1[C@H](C)Oc1ccccc1. The van der Waals surface area contributed by atoms with Crippen LogP contribution in [-0.4, -0.2) is 33.5 Å². The van der Waals surface area contributed by atoms with Gasteiger partial charge in [0.15, 0.2) is 17.1 Å². The molecule has 0 aliphatic heterocycles. The first-order chi connectivity index (χ1) is 15.0. The lowest BCUT2D eigenvalue weighted by Crippen LogP contribution is -2.15. The van der Waals surface area contributed by atoms with Gasteiger partial charge < -0.3 is 14.8 Å². The number of methoxy groups -OCH3 is 1. The van der Waals surface area contributed by atoms with E-state index in [-0.39, 0.29) is 17.8 Å². The molecular formula is C22H23ClN4O3S. The lowest BCUT2D eigenvalue weighted by Gasteiger charge is -2.15. The third-order valence-corrected chi connectivity index (χ3v) is 5.51. The van der Waals surface area contributed by atoms with Crippen molar-refractivity contribution in [3.8, 4) is 11.5 Å². The van der Waals surface area contributed by atoms with Crippen molar-refractivity contribution in [2.75, 3.05) is 18.2 Å². The van der Waals surface area contributed by atoms with Gasteiger partial charge in [0.1, 0.15) is 11.5 Å². The fourth-order valence-electron chi connectivity index (χ4n) is 2.84. The topological polar surface area (TPSA) is 78.3 Å². The van der Waals surface area contributed by atoms with Crippen LogP contribution in [0.5, 0.6) is 11.5 Å². The summed E-state index contributed by atoms with van der Waals surface area (Å²) in [5.41, 5.74) is 0.592. The molecule has 1 amide bonds. The lowest BCUT2D eigenvalue weighted by molar-refractivity contribution is -0.113. The molecule has 0 radical (unpaired) electrons. The summed E-state index contributed by atoms with van der Waals surface area (Å²) in [5.74, 6) is 1.93. The first kappa shape index (κ1) is 22.7. The molecule has 0 unspecified atom stereocenters. The van der Waals surface area contributed by atoms with Crippen molar-refractivity contribution in [1.82, 2.24) is 14.8 Å². The highest BCUT2D eigenvalue weighted by atomic mass is 35.5. The second-order valence-corrected chi connectivity index (χ2v) is 7.85. The minimum absolute atomic E-state index is 0.160. The van der Waals surface area contributed by atoms with Crippen molar-refractivity contribution < 1.29 is 14.3 Å². The zero-order chi connectivity index (χ0) is 22.2. The Labute approximate surface area is 190 Å². The van der Waals surface area contributed by atoms with Crippen molar-refractivity contribution in [2.24, 2.45) is 0 Å². The van der Waals surface area contributed by atoms with Crippen LogP contribution in [0.2, 0.25) is 5.02 Å². The van der Waals surface area contributed by atoms with Crippen molar-refractivity contribution in [2.45, 2.75) is 24.7 Å². The molecule has 162 valence electrons. The van der Waals surface area contributed by atoms with Gasteiger partial charge in [0.25, 0.3) is 0 Å². The number of carbonyl (C=O) groups is 1. The number of aromatic nitrogens is 3. The standard InChI is InChI=1S/C22H23ClN4O3S/c1-4-12-27-21(15(2)30-17-8-6-5-7-9-17)25-26-22(27)31-14-20(28)24-16-10-11-19(29-3)18(23)13-16/h4-11,13,15H,1,12,14H2,2-3H3,(H,24,28)/t15-/m0/s1. The third-order valence-electron chi connectivity index (χ3n) is 4.24. The number of rotatable bonds is 10. The Balaban J connectivity index is 1.65. The Morgan fingerprint density at radius 1 is 1.29 bits per heavy atom. The highest BCUT2D eigenvalue weighted by Crippen LogP contribution is 2.28. The van der Waals surface area contributed by atoms with Crippen LogP contribution in [0.3, 0.4) is 0 Å². The number of thioether (sulfide) groups is 1. The van der Waals surface area contributed by atoms with Crippen LogP contribution in [0.1, 0.15) is 18.9 Å². The van der Waals surface area contributed by atoms with Crippen LogP contribution in [-0.2, 0) is 11.3 Å². The lowest BCUT2D eigenvalue weighted by atomic mass is 10.3. The van der Waals surface area contributed by atoms with E-state index in [1.165, 1.54) is 18.9 Å². The van der Waals surface area contributed by atoms with E-state index < -0.39 is 0 Å². The highest BCUT2D eigenvalue weighted by Gasteiger charge is 2.20. The van der Waals surface area contributed by atoms with Gasteiger partial charge in [0.2, 0.25) is 5.91 Å². The minimum Gasteiger partial charge on any atom is -0.495 e. The molecule has 0 saturated carbocycles. The first-order valence-electron chi connectivity index (χ1n) is 9.53. The minimum atomic E-state index is -0.320. The van der Waals surface area contributed by atoms with Gasteiger partial charge in [0, 0.05) is 12.2 Å². The van der Waals surface area contributed by atoms with Gasteiger partial charge in [-0.3, -0.25) is 9.36 Å². The van der Waals surface area contributed by atoms with Gasteiger partial charge in [-0.1, -0.05) is 47.6 Å². The van der Waals surface area contributed by atoms with E-state index in [2.05, 4.69) is 22.1 Å². The summed E-state index contributed by atoms with van der Waals surface area (Å²) >= 11 is 7.39. The Morgan fingerprint density at radius 3 is 2.74 bits per heavy atom. The van der Waals surface area contributed by atoms with Crippen LogP contribution < -0.4 is 14.8 Å². The predicted molar refractivity (Wildman–Crippen MR) is 123 cm³/mol. The number of para-hydroxylation sites is 1. The average molecular weight is 459 g/mol. The largest absolute Gasteiger partial charge is 0.495 e. The summed E-state index contributed by atoms with van der Waals surface area (Å²) in [5, 5.41) is 12.4. The van der Waals surface area contributed by atoms with Gasteiger partial charge in [-0.25, -0.2) is 0 Å². The summed E-state index contributed by atoms with van der Waals surface area (Å²) in [6, 6.07) is 14.6. The maximum Gasteiger partial charge on any atom is 0.234 e. The molecule has 7 nitrogen and oxygen atoms in total. The highest BCUT2D eigenvalue weighted by molar-refractivity contribution is 7.99. The number of anilines is 1. The Bertz CT molecular complexity index is 1040. The van der Waals surface area contributed by atoms with Crippen molar-refractivity contribution in [3.05, 3.63) is 72.0 Å². The fraction of sp³-hybridized carbons (Fsp3) is 0.227. The number of allylic oxidation sites excluding steroid dienone is 1. The van der Waals surface area contributed by atoms with Crippen molar-refractivity contribution >= 4 is 35.0 Å². The number of benzene rings is 2. The van der Waals surface area contributed by atoms with Gasteiger partial charge in [-0.05, 0) is 37.3 Å². The van der Waals surface area contributed by atoms with Gasteiger partial charge >= 0.3 is 0 Å². The summed E-state index contributed by atoms with van der Waals surface area (Å²) in [7, 11) is 1.54. The number of hydrogen-bond donors (Lipinski definition) is 1. The molecule has 0 fully saturated rings. The quantitative estimate of drug-likeness (QED) is 0.340. The summed E-state index contributed by atoms with van der Waals surface area (Å²) in [4.78, 5) is 12.4. The summed E-state index contributed by atoms with van der Waals surface area (Å²) in [6.07, 6.45) is 1.44. The zero-order valence-corrected chi connectivity index (χ0v) is 18.8. The van der Waals surface area contributed by atoms with E-state index >= 15 is 0 Å². The Kier molecular flexibility index (Phi) is 7.97. The zero-order valence-electron chi connectivity index (χ0n) is 17.2. The molecule has 3 aromatic rings. The van der Waals surface area contributed by atoms with E-state index in [1.807, 2.05) is 41.8 Å². The van der Waals surface area contributed by atoms with Crippen molar-refractivity contribution in [1.29, 1.82) is 0 Å². The van der Waals surface area contributed by atoms with E-state index in [9.17, 15) is 4.79 Å². The number of ether oxygens (including phenoxy) is 2. The number of nitrogens with zero attached hydrogens (tertiary/aromatic N) is 3. The molecular weight excluding hydrogens is 436 g/mol. The van der Waals surface area contributed by atoms with Crippen molar-refractivity contribution in [3.63, 3.8) is 0 Å². The molecule has 0 spiro atoms. The monoisotopic (exact) mass is 458 g/mol. The molecule has 0 bridgehead atoms. The van der Waals surface area contributed by atoms with Crippen LogP contribution in [0.15, 0.2) is 66.3 Å². The van der Waals surface area contributed by atoms with E-state index in [0.29, 0.717) is 34.0 Å². The number of amides is 1. The Hall–Kier alpha value is -2.97. The molecule has 0 aliphatic rings. The van der Waals surface area contributed by atoms with Gasteiger partial charge in [-0.15, -0.1) is 16.8 Å². The molecule has 3 rings (SSSR count). The molecule has 1 aromatic heterocycles. The van der Waals surface area contributed by atoms with Crippen LogP contribution >= 0.6 is 23.4 Å². The molecule has 9 heteroatoms.